The van der Waals surface area contributed by atoms with Crippen molar-refractivity contribution in [1.82, 2.24) is 16.0 Å². The standard InChI is InChI=1S/C12H22N4O3/c13-10(17)8-15-11(18)6-7-14-12(19)16-9-4-2-1-3-5-9/h9H,1-8H2,(H2,13,17)(H,15,18)(H2,14,16,19). The molecule has 108 valence electrons. The van der Waals surface area contributed by atoms with E-state index in [1.165, 1.54) is 6.42 Å². The Balaban J connectivity index is 2.06. The third-order valence-corrected chi connectivity index (χ3v) is 3.04. The third kappa shape index (κ3) is 7.28. The maximum atomic E-state index is 11.5. The van der Waals surface area contributed by atoms with Gasteiger partial charge in [-0.1, -0.05) is 19.3 Å². The fourth-order valence-electron chi connectivity index (χ4n) is 2.05. The first kappa shape index (κ1) is 15.3. The molecule has 4 amide bonds. The zero-order valence-electron chi connectivity index (χ0n) is 11.0. The molecule has 1 saturated carbocycles. The molecule has 1 fully saturated rings. The maximum absolute atomic E-state index is 11.5. The second-order valence-corrected chi connectivity index (χ2v) is 4.73. The van der Waals surface area contributed by atoms with E-state index >= 15 is 0 Å². The van der Waals surface area contributed by atoms with Crippen molar-refractivity contribution in [3.8, 4) is 0 Å². The van der Waals surface area contributed by atoms with Crippen molar-refractivity contribution in [1.29, 1.82) is 0 Å². The first-order valence-corrected chi connectivity index (χ1v) is 6.67. The lowest BCUT2D eigenvalue weighted by atomic mass is 9.96. The highest BCUT2D eigenvalue weighted by atomic mass is 16.2. The van der Waals surface area contributed by atoms with Gasteiger partial charge in [-0.05, 0) is 12.8 Å². The molecule has 0 bridgehead atoms. The van der Waals surface area contributed by atoms with E-state index in [1.807, 2.05) is 0 Å². The summed E-state index contributed by atoms with van der Waals surface area (Å²) >= 11 is 0. The van der Waals surface area contributed by atoms with Gasteiger partial charge in [0, 0.05) is 19.0 Å². The highest BCUT2D eigenvalue weighted by Crippen LogP contribution is 2.16. The van der Waals surface area contributed by atoms with Crippen LogP contribution in [0.2, 0.25) is 0 Å². The molecule has 7 nitrogen and oxygen atoms in total. The summed E-state index contributed by atoms with van der Waals surface area (Å²) in [5.41, 5.74) is 4.89. The van der Waals surface area contributed by atoms with Crippen molar-refractivity contribution in [2.24, 2.45) is 5.73 Å². The number of carbonyl (C=O) groups is 3. The number of urea groups is 1. The van der Waals surface area contributed by atoms with Gasteiger partial charge >= 0.3 is 6.03 Å². The quantitative estimate of drug-likeness (QED) is 0.527. The smallest absolute Gasteiger partial charge is 0.315 e. The molecule has 1 aliphatic carbocycles. The van der Waals surface area contributed by atoms with Crippen LogP contribution in [0.5, 0.6) is 0 Å². The van der Waals surface area contributed by atoms with E-state index in [0.29, 0.717) is 0 Å². The lowest BCUT2D eigenvalue weighted by Crippen LogP contribution is -2.44. The number of carbonyl (C=O) groups excluding carboxylic acids is 3. The summed E-state index contributed by atoms with van der Waals surface area (Å²) < 4.78 is 0. The average Bonchev–Trinajstić information content (AvgIpc) is 2.37. The van der Waals surface area contributed by atoms with E-state index in [4.69, 9.17) is 5.73 Å². The van der Waals surface area contributed by atoms with Crippen LogP contribution < -0.4 is 21.7 Å². The second kappa shape index (κ2) is 8.34. The topological polar surface area (TPSA) is 113 Å². The molecular weight excluding hydrogens is 248 g/mol. The van der Waals surface area contributed by atoms with Crippen molar-refractivity contribution in [3.63, 3.8) is 0 Å². The molecule has 0 radical (unpaired) electrons. The number of rotatable bonds is 6. The highest BCUT2D eigenvalue weighted by Gasteiger charge is 2.15. The fraction of sp³-hybridized carbons (Fsp3) is 0.750. The van der Waals surface area contributed by atoms with Gasteiger partial charge in [0.1, 0.15) is 0 Å². The Morgan fingerprint density at radius 3 is 2.37 bits per heavy atom. The number of primary amides is 1. The zero-order chi connectivity index (χ0) is 14.1. The van der Waals surface area contributed by atoms with Crippen molar-refractivity contribution < 1.29 is 14.4 Å². The summed E-state index contributed by atoms with van der Waals surface area (Å²) in [5, 5.41) is 7.86. The van der Waals surface area contributed by atoms with Gasteiger partial charge in [0.2, 0.25) is 11.8 Å². The predicted octanol–water partition coefficient (Wildman–Crippen LogP) is -0.390. The molecule has 0 heterocycles. The van der Waals surface area contributed by atoms with Crippen LogP contribution in [0.15, 0.2) is 0 Å². The minimum atomic E-state index is -0.587. The number of hydrogen-bond acceptors (Lipinski definition) is 3. The first-order valence-electron chi connectivity index (χ1n) is 6.67. The third-order valence-electron chi connectivity index (χ3n) is 3.04. The number of hydrogen-bond donors (Lipinski definition) is 4. The Kier molecular flexibility index (Phi) is 6.70. The van der Waals surface area contributed by atoms with Crippen molar-refractivity contribution in [2.75, 3.05) is 13.1 Å². The molecule has 0 unspecified atom stereocenters. The average molecular weight is 270 g/mol. The molecular formula is C12H22N4O3. The predicted molar refractivity (Wildman–Crippen MR) is 70.2 cm³/mol. The molecule has 0 aromatic rings. The Labute approximate surface area is 112 Å². The van der Waals surface area contributed by atoms with E-state index in [-0.39, 0.29) is 37.5 Å². The summed E-state index contributed by atoms with van der Waals surface area (Å²) in [7, 11) is 0. The van der Waals surface area contributed by atoms with Gasteiger partial charge in [-0.2, -0.15) is 0 Å². The van der Waals surface area contributed by atoms with Crippen LogP contribution in [0.25, 0.3) is 0 Å². The molecule has 0 aromatic heterocycles. The Hall–Kier alpha value is -1.79. The van der Waals surface area contributed by atoms with Crippen LogP contribution in [0.4, 0.5) is 4.79 Å². The summed E-state index contributed by atoms with van der Waals surface area (Å²) in [5.74, 6) is -0.895. The van der Waals surface area contributed by atoms with E-state index in [9.17, 15) is 14.4 Å². The zero-order valence-corrected chi connectivity index (χ0v) is 11.0. The van der Waals surface area contributed by atoms with Crippen LogP contribution in [0, 0.1) is 0 Å². The largest absolute Gasteiger partial charge is 0.368 e. The van der Waals surface area contributed by atoms with E-state index < -0.39 is 5.91 Å². The summed E-state index contributed by atoms with van der Waals surface area (Å²) in [6.45, 7) is 0.0657. The van der Waals surface area contributed by atoms with Crippen LogP contribution in [0.1, 0.15) is 38.5 Å². The van der Waals surface area contributed by atoms with E-state index in [2.05, 4.69) is 16.0 Å². The molecule has 5 N–H and O–H groups in total. The molecule has 0 spiro atoms. The molecule has 7 heteroatoms. The molecule has 0 saturated heterocycles. The van der Waals surface area contributed by atoms with Crippen molar-refractivity contribution in [2.45, 2.75) is 44.6 Å². The van der Waals surface area contributed by atoms with Gasteiger partial charge in [-0.15, -0.1) is 0 Å². The van der Waals surface area contributed by atoms with Gasteiger partial charge < -0.3 is 21.7 Å². The number of amides is 4. The van der Waals surface area contributed by atoms with Crippen molar-refractivity contribution >= 4 is 17.8 Å². The molecule has 0 aromatic carbocycles. The summed E-state index contributed by atoms with van der Waals surface area (Å²) in [6.07, 6.45) is 5.71. The molecule has 0 atom stereocenters. The van der Waals surface area contributed by atoms with Crippen LogP contribution in [0.3, 0.4) is 0 Å². The molecule has 1 aliphatic rings. The van der Waals surface area contributed by atoms with E-state index in [1.54, 1.807) is 0 Å². The first-order chi connectivity index (χ1) is 9.08. The Bertz CT molecular complexity index is 327. The minimum Gasteiger partial charge on any atom is -0.368 e. The SMILES string of the molecule is NC(=O)CNC(=O)CCNC(=O)NC1CCCCC1. The van der Waals surface area contributed by atoms with Gasteiger partial charge in [0.05, 0.1) is 6.54 Å². The highest BCUT2D eigenvalue weighted by molar-refractivity contribution is 5.84. The van der Waals surface area contributed by atoms with Gasteiger partial charge in [0.25, 0.3) is 0 Å². The van der Waals surface area contributed by atoms with Gasteiger partial charge in [-0.25, -0.2) is 4.79 Å². The lowest BCUT2D eigenvalue weighted by Gasteiger charge is -2.22. The lowest BCUT2D eigenvalue weighted by molar-refractivity contribution is -0.124. The van der Waals surface area contributed by atoms with Crippen LogP contribution in [-0.4, -0.2) is 37.0 Å². The van der Waals surface area contributed by atoms with Crippen LogP contribution in [-0.2, 0) is 9.59 Å². The monoisotopic (exact) mass is 270 g/mol. The minimum absolute atomic E-state index is 0.130. The summed E-state index contributed by atoms with van der Waals surface area (Å²) in [6, 6.07) is 0.00652. The Morgan fingerprint density at radius 1 is 1.05 bits per heavy atom. The van der Waals surface area contributed by atoms with E-state index in [0.717, 1.165) is 25.7 Å². The second-order valence-electron chi connectivity index (χ2n) is 4.73. The van der Waals surface area contributed by atoms with Crippen molar-refractivity contribution in [3.05, 3.63) is 0 Å². The molecule has 1 rings (SSSR count). The number of nitrogens with one attached hydrogen (secondary N) is 3. The van der Waals surface area contributed by atoms with Gasteiger partial charge in [0.15, 0.2) is 0 Å². The Morgan fingerprint density at radius 2 is 1.74 bits per heavy atom. The maximum Gasteiger partial charge on any atom is 0.315 e. The fourth-order valence-corrected chi connectivity index (χ4v) is 2.05. The van der Waals surface area contributed by atoms with Gasteiger partial charge in [-0.3, -0.25) is 9.59 Å². The number of nitrogens with two attached hydrogens (primary N) is 1. The molecule has 0 aliphatic heterocycles. The normalized spacial score (nSPS) is 15.6. The molecule has 19 heavy (non-hydrogen) atoms. The summed E-state index contributed by atoms with van der Waals surface area (Å²) in [4.78, 5) is 33.2. The van der Waals surface area contributed by atoms with Crippen LogP contribution >= 0.6 is 0 Å².